The fourth-order valence-corrected chi connectivity index (χ4v) is 6.08. The van der Waals surface area contributed by atoms with Crippen LogP contribution in [0.1, 0.15) is 55.6 Å². The van der Waals surface area contributed by atoms with Crippen molar-refractivity contribution in [3.63, 3.8) is 0 Å². The molecule has 4 nitrogen and oxygen atoms in total. The van der Waals surface area contributed by atoms with Crippen LogP contribution < -0.4 is 0 Å². The Morgan fingerprint density at radius 2 is 2.10 bits per heavy atom. The molecule has 2 fully saturated rings. The molecule has 0 spiro atoms. The lowest BCUT2D eigenvalue weighted by molar-refractivity contribution is 0.405. The van der Waals surface area contributed by atoms with Gasteiger partial charge >= 0.3 is 0 Å². The Bertz CT molecular complexity index is 561. The topological polar surface area (TPSA) is 50.3 Å². The van der Waals surface area contributed by atoms with E-state index in [-0.39, 0.29) is 11.7 Å². The van der Waals surface area contributed by atoms with Gasteiger partial charge in [0.2, 0.25) is 10.0 Å². The third kappa shape index (κ3) is 3.07. The molecule has 0 bridgehead atoms. The van der Waals surface area contributed by atoms with E-state index in [0.717, 1.165) is 5.01 Å². The minimum atomic E-state index is -3.05. The Labute approximate surface area is 125 Å². The van der Waals surface area contributed by atoms with Gasteiger partial charge in [0.15, 0.2) is 0 Å². The van der Waals surface area contributed by atoms with Gasteiger partial charge in [-0.25, -0.2) is 13.4 Å². The molecular formula is C14H22N2O2S2. The number of rotatable bonds is 3. The molecule has 1 aromatic rings. The normalized spacial score (nSPS) is 27.9. The van der Waals surface area contributed by atoms with E-state index in [0.29, 0.717) is 19.0 Å². The average molecular weight is 314 g/mol. The number of hydrogen-bond donors (Lipinski definition) is 0. The number of aromatic nitrogens is 1. The Morgan fingerprint density at radius 1 is 1.35 bits per heavy atom. The lowest BCUT2D eigenvalue weighted by atomic mass is 9.87. The van der Waals surface area contributed by atoms with Crippen molar-refractivity contribution in [3.05, 3.63) is 16.1 Å². The third-order valence-corrected chi connectivity index (χ3v) is 7.22. The van der Waals surface area contributed by atoms with Crippen molar-refractivity contribution in [2.24, 2.45) is 5.92 Å². The minimum absolute atomic E-state index is 0.234. The van der Waals surface area contributed by atoms with Gasteiger partial charge in [0.05, 0.1) is 18.0 Å². The van der Waals surface area contributed by atoms with Crippen molar-refractivity contribution in [2.45, 2.75) is 51.5 Å². The number of nitrogens with zero attached hydrogens (tertiary/aromatic N) is 2. The molecule has 0 N–H and O–H groups in total. The first-order valence-electron chi connectivity index (χ1n) is 7.47. The van der Waals surface area contributed by atoms with Crippen molar-refractivity contribution in [2.75, 3.05) is 12.3 Å². The molecular weight excluding hydrogens is 292 g/mol. The average Bonchev–Trinajstić information content (AvgIpc) is 2.96. The van der Waals surface area contributed by atoms with E-state index in [2.05, 4.69) is 5.38 Å². The largest absolute Gasteiger partial charge is 0.245 e. The SMILES string of the molecule is CC1CN(Cc2nc(C3CCCCC3)cs2)S(=O)(=O)C1. The van der Waals surface area contributed by atoms with E-state index in [1.165, 1.54) is 37.8 Å². The second kappa shape index (κ2) is 5.73. The first-order valence-corrected chi connectivity index (χ1v) is 9.95. The Balaban J connectivity index is 1.68. The van der Waals surface area contributed by atoms with Crippen molar-refractivity contribution < 1.29 is 8.42 Å². The predicted octanol–water partition coefficient (Wildman–Crippen LogP) is 2.97. The maximum Gasteiger partial charge on any atom is 0.214 e. The van der Waals surface area contributed by atoms with Gasteiger partial charge in [0, 0.05) is 17.8 Å². The number of hydrogen-bond acceptors (Lipinski definition) is 4. The zero-order valence-electron chi connectivity index (χ0n) is 11.9. The monoisotopic (exact) mass is 314 g/mol. The zero-order valence-corrected chi connectivity index (χ0v) is 13.5. The molecule has 3 rings (SSSR count). The Hall–Kier alpha value is -0.460. The molecule has 2 aliphatic rings. The fraction of sp³-hybridized carbons (Fsp3) is 0.786. The van der Waals surface area contributed by atoms with Crippen LogP contribution in [0.5, 0.6) is 0 Å². The van der Waals surface area contributed by atoms with Crippen LogP contribution in [0.3, 0.4) is 0 Å². The van der Waals surface area contributed by atoms with Gasteiger partial charge in [-0.05, 0) is 18.8 Å². The smallest absolute Gasteiger partial charge is 0.214 e. The molecule has 1 aliphatic carbocycles. The highest BCUT2D eigenvalue weighted by atomic mass is 32.2. The molecule has 1 saturated carbocycles. The molecule has 112 valence electrons. The van der Waals surface area contributed by atoms with Crippen LogP contribution >= 0.6 is 11.3 Å². The summed E-state index contributed by atoms with van der Waals surface area (Å²) in [5, 5.41) is 3.08. The maximum atomic E-state index is 12.0. The van der Waals surface area contributed by atoms with Gasteiger partial charge in [-0.1, -0.05) is 26.2 Å². The Kier molecular flexibility index (Phi) is 4.15. The Morgan fingerprint density at radius 3 is 2.75 bits per heavy atom. The van der Waals surface area contributed by atoms with Crippen molar-refractivity contribution in [1.29, 1.82) is 0 Å². The van der Waals surface area contributed by atoms with Crippen LogP contribution in [0.4, 0.5) is 0 Å². The molecule has 1 saturated heterocycles. The van der Waals surface area contributed by atoms with E-state index < -0.39 is 10.0 Å². The molecule has 20 heavy (non-hydrogen) atoms. The molecule has 0 amide bonds. The van der Waals surface area contributed by atoms with Crippen LogP contribution in [-0.2, 0) is 16.6 Å². The van der Waals surface area contributed by atoms with E-state index in [9.17, 15) is 8.42 Å². The van der Waals surface area contributed by atoms with Gasteiger partial charge in [0.1, 0.15) is 5.01 Å². The molecule has 1 unspecified atom stereocenters. The highest BCUT2D eigenvalue weighted by molar-refractivity contribution is 7.89. The van der Waals surface area contributed by atoms with Crippen LogP contribution in [0.25, 0.3) is 0 Å². The molecule has 1 atom stereocenters. The zero-order chi connectivity index (χ0) is 14.2. The van der Waals surface area contributed by atoms with E-state index in [4.69, 9.17) is 4.98 Å². The van der Waals surface area contributed by atoms with Crippen LogP contribution in [0, 0.1) is 5.92 Å². The van der Waals surface area contributed by atoms with E-state index in [1.807, 2.05) is 6.92 Å². The van der Waals surface area contributed by atoms with Gasteiger partial charge in [0.25, 0.3) is 0 Å². The highest BCUT2D eigenvalue weighted by Crippen LogP contribution is 2.33. The molecule has 6 heteroatoms. The molecule has 2 heterocycles. The lowest BCUT2D eigenvalue weighted by Gasteiger charge is -2.19. The van der Waals surface area contributed by atoms with Gasteiger partial charge in [-0.3, -0.25) is 0 Å². The first kappa shape index (κ1) is 14.5. The number of thiazole rings is 1. The maximum absolute atomic E-state index is 12.0. The first-order chi connectivity index (χ1) is 9.54. The van der Waals surface area contributed by atoms with Crippen molar-refractivity contribution in [3.8, 4) is 0 Å². The lowest BCUT2D eigenvalue weighted by Crippen LogP contribution is -2.25. The highest BCUT2D eigenvalue weighted by Gasteiger charge is 2.34. The molecule has 1 aliphatic heterocycles. The van der Waals surface area contributed by atoms with Gasteiger partial charge in [-0.2, -0.15) is 4.31 Å². The van der Waals surface area contributed by atoms with Crippen LogP contribution in [0.15, 0.2) is 5.38 Å². The standard InChI is InChI=1S/C14H22N2O2S2/c1-11-7-16(20(17,18)10-11)8-14-15-13(9-19-14)12-5-3-2-4-6-12/h9,11-12H,2-8,10H2,1H3. The summed E-state index contributed by atoms with van der Waals surface area (Å²) < 4.78 is 25.6. The summed E-state index contributed by atoms with van der Waals surface area (Å²) in [5.74, 6) is 1.12. The van der Waals surface area contributed by atoms with Crippen molar-refractivity contribution in [1.82, 2.24) is 9.29 Å². The summed E-state index contributed by atoms with van der Waals surface area (Å²) in [5.41, 5.74) is 1.19. The summed E-state index contributed by atoms with van der Waals surface area (Å²) >= 11 is 1.61. The summed E-state index contributed by atoms with van der Waals surface area (Å²) in [4.78, 5) is 4.70. The predicted molar refractivity (Wildman–Crippen MR) is 81.3 cm³/mol. The molecule has 1 aromatic heterocycles. The second-order valence-electron chi connectivity index (χ2n) is 6.18. The summed E-state index contributed by atoms with van der Waals surface area (Å²) in [6, 6.07) is 0. The molecule has 0 radical (unpaired) electrons. The summed E-state index contributed by atoms with van der Waals surface area (Å²) in [6.45, 7) is 3.09. The fourth-order valence-electron chi connectivity index (χ4n) is 3.28. The number of sulfonamides is 1. The quantitative estimate of drug-likeness (QED) is 0.862. The van der Waals surface area contributed by atoms with Crippen LogP contribution in [-0.4, -0.2) is 30.0 Å². The third-order valence-electron chi connectivity index (χ3n) is 4.31. The van der Waals surface area contributed by atoms with Crippen molar-refractivity contribution >= 4 is 21.4 Å². The minimum Gasteiger partial charge on any atom is -0.245 e. The molecule has 0 aromatic carbocycles. The van der Waals surface area contributed by atoms with Crippen LogP contribution in [0.2, 0.25) is 0 Å². The van der Waals surface area contributed by atoms with E-state index in [1.54, 1.807) is 15.6 Å². The van der Waals surface area contributed by atoms with Gasteiger partial charge < -0.3 is 0 Å². The van der Waals surface area contributed by atoms with Gasteiger partial charge in [-0.15, -0.1) is 11.3 Å². The summed E-state index contributed by atoms with van der Waals surface area (Å²) in [6.07, 6.45) is 6.42. The van der Waals surface area contributed by atoms with E-state index >= 15 is 0 Å². The summed E-state index contributed by atoms with van der Waals surface area (Å²) in [7, 11) is -3.05. The second-order valence-corrected chi connectivity index (χ2v) is 9.13.